The molecule has 3 N–H and O–H groups in total. The number of hydrogen-bond acceptors (Lipinski definition) is 3. The molecule has 0 unspecified atom stereocenters. The van der Waals surface area contributed by atoms with Crippen molar-refractivity contribution in [2.75, 3.05) is 7.11 Å². The van der Waals surface area contributed by atoms with Crippen molar-refractivity contribution in [3.8, 4) is 5.75 Å². The summed E-state index contributed by atoms with van der Waals surface area (Å²) in [4.78, 5) is 0. The van der Waals surface area contributed by atoms with Crippen molar-refractivity contribution >= 4 is 0 Å². The normalized spacial score (nSPS) is 25.9. The Kier molecular flexibility index (Phi) is 3.46. The minimum Gasteiger partial charge on any atom is -0.497 e. The van der Waals surface area contributed by atoms with Gasteiger partial charge in [-0.1, -0.05) is 12.1 Å². The molecule has 1 aromatic rings. The lowest BCUT2D eigenvalue weighted by Gasteiger charge is -2.35. The fourth-order valence-corrected chi connectivity index (χ4v) is 2.16. The molecule has 1 fully saturated rings. The van der Waals surface area contributed by atoms with E-state index in [0.717, 1.165) is 18.6 Å². The van der Waals surface area contributed by atoms with Crippen LogP contribution in [0, 0.1) is 0 Å². The number of benzene rings is 1. The average molecular weight is 220 g/mol. The molecule has 0 aliphatic heterocycles. The maximum atomic E-state index is 5.77. The molecule has 3 nitrogen and oxygen atoms in total. The van der Waals surface area contributed by atoms with E-state index in [1.165, 1.54) is 5.56 Å². The lowest BCUT2D eigenvalue weighted by Crippen LogP contribution is -2.49. The van der Waals surface area contributed by atoms with E-state index in [4.69, 9.17) is 10.5 Å². The third-order valence-electron chi connectivity index (χ3n) is 3.25. The van der Waals surface area contributed by atoms with Crippen LogP contribution in [0.5, 0.6) is 5.75 Å². The summed E-state index contributed by atoms with van der Waals surface area (Å²) in [6, 6.07) is 9.53. The van der Waals surface area contributed by atoms with Crippen molar-refractivity contribution in [3.63, 3.8) is 0 Å². The van der Waals surface area contributed by atoms with Crippen molar-refractivity contribution in [1.82, 2.24) is 5.32 Å². The van der Waals surface area contributed by atoms with Gasteiger partial charge >= 0.3 is 0 Å². The fraction of sp³-hybridized carbons (Fsp3) is 0.538. The standard InChI is InChI=1S/C13H20N2O/c1-9(15-12-7-11(14)8-12)10-4-3-5-13(6-10)16-2/h3-6,9,11-12,15H,7-8,14H2,1-2H3/t9-,11?,12?/m1/s1. The van der Waals surface area contributed by atoms with E-state index in [-0.39, 0.29) is 0 Å². The number of ether oxygens (including phenoxy) is 1. The molecule has 16 heavy (non-hydrogen) atoms. The number of methoxy groups -OCH3 is 1. The largest absolute Gasteiger partial charge is 0.497 e. The zero-order valence-electron chi connectivity index (χ0n) is 9.94. The minimum absolute atomic E-state index is 0.354. The molecule has 3 heteroatoms. The molecule has 0 saturated heterocycles. The first-order chi connectivity index (χ1) is 7.69. The summed E-state index contributed by atoms with van der Waals surface area (Å²) in [5.41, 5.74) is 7.03. The maximum absolute atomic E-state index is 5.77. The highest BCUT2D eigenvalue weighted by Crippen LogP contribution is 2.24. The van der Waals surface area contributed by atoms with E-state index < -0.39 is 0 Å². The Morgan fingerprint density at radius 1 is 1.44 bits per heavy atom. The van der Waals surface area contributed by atoms with Crippen molar-refractivity contribution in [2.24, 2.45) is 5.73 Å². The van der Waals surface area contributed by atoms with Gasteiger partial charge in [-0.15, -0.1) is 0 Å². The van der Waals surface area contributed by atoms with Crippen LogP contribution < -0.4 is 15.8 Å². The molecule has 0 radical (unpaired) electrons. The Balaban J connectivity index is 1.94. The summed E-state index contributed by atoms with van der Waals surface area (Å²) in [7, 11) is 1.70. The first-order valence-electron chi connectivity index (χ1n) is 5.84. The van der Waals surface area contributed by atoms with Gasteiger partial charge in [0.05, 0.1) is 7.11 Å². The monoisotopic (exact) mass is 220 g/mol. The van der Waals surface area contributed by atoms with Crippen LogP contribution in [0.25, 0.3) is 0 Å². The Hall–Kier alpha value is -1.06. The van der Waals surface area contributed by atoms with Gasteiger partial charge in [-0.3, -0.25) is 0 Å². The van der Waals surface area contributed by atoms with E-state index in [1.54, 1.807) is 7.11 Å². The highest BCUT2D eigenvalue weighted by atomic mass is 16.5. The molecule has 0 heterocycles. The van der Waals surface area contributed by atoms with Gasteiger partial charge in [0, 0.05) is 18.1 Å². The molecule has 0 bridgehead atoms. The molecule has 1 aliphatic rings. The summed E-state index contributed by atoms with van der Waals surface area (Å²) < 4.78 is 5.22. The third-order valence-corrected chi connectivity index (χ3v) is 3.25. The van der Waals surface area contributed by atoms with E-state index >= 15 is 0 Å². The summed E-state index contributed by atoms with van der Waals surface area (Å²) >= 11 is 0. The lowest BCUT2D eigenvalue weighted by molar-refractivity contribution is 0.272. The van der Waals surface area contributed by atoms with Crippen LogP contribution in [0.3, 0.4) is 0 Å². The molecular formula is C13H20N2O. The van der Waals surface area contributed by atoms with Gasteiger partial charge in [0.25, 0.3) is 0 Å². The van der Waals surface area contributed by atoms with Gasteiger partial charge in [-0.25, -0.2) is 0 Å². The summed E-state index contributed by atoms with van der Waals surface area (Å²) in [5.74, 6) is 0.913. The molecule has 0 amide bonds. The van der Waals surface area contributed by atoms with Gasteiger partial charge < -0.3 is 15.8 Å². The van der Waals surface area contributed by atoms with Crippen molar-refractivity contribution in [3.05, 3.63) is 29.8 Å². The van der Waals surface area contributed by atoms with Crippen LogP contribution in [0.1, 0.15) is 31.4 Å². The highest BCUT2D eigenvalue weighted by Gasteiger charge is 2.26. The lowest BCUT2D eigenvalue weighted by atomic mass is 9.87. The Labute approximate surface area is 97.0 Å². The number of hydrogen-bond donors (Lipinski definition) is 2. The first-order valence-corrected chi connectivity index (χ1v) is 5.84. The highest BCUT2D eigenvalue weighted by molar-refractivity contribution is 5.30. The molecule has 1 atom stereocenters. The zero-order chi connectivity index (χ0) is 11.5. The Morgan fingerprint density at radius 3 is 2.81 bits per heavy atom. The first kappa shape index (κ1) is 11.4. The van der Waals surface area contributed by atoms with Gasteiger partial charge in [0.1, 0.15) is 5.75 Å². The van der Waals surface area contributed by atoms with Crippen LogP contribution in [-0.2, 0) is 0 Å². The van der Waals surface area contributed by atoms with Crippen LogP contribution >= 0.6 is 0 Å². The van der Waals surface area contributed by atoms with Crippen LogP contribution in [0.4, 0.5) is 0 Å². The third kappa shape index (κ3) is 2.54. The second-order valence-electron chi connectivity index (χ2n) is 4.59. The molecule has 88 valence electrons. The molecule has 0 aromatic heterocycles. The van der Waals surface area contributed by atoms with Crippen molar-refractivity contribution in [2.45, 2.75) is 37.9 Å². The second-order valence-corrected chi connectivity index (χ2v) is 4.59. The summed E-state index contributed by atoms with van der Waals surface area (Å²) in [5, 5.41) is 3.58. The zero-order valence-corrected chi connectivity index (χ0v) is 9.94. The van der Waals surface area contributed by atoms with Crippen molar-refractivity contribution in [1.29, 1.82) is 0 Å². The molecule has 1 aromatic carbocycles. The Bertz CT molecular complexity index is 348. The van der Waals surface area contributed by atoms with Crippen LogP contribution in [0.15, 0.2) is 24.3 Å². The molecule has 1 saturated carbocycles. The van der Waals surface area contributed by atoms with Crippen molar-refractivity contribution < 1.29 is 4.74 Å². The predicted octanol–water partition coefficient (Wildman–Crippen LogP) is 1.84. The summed E-state index contributed by atoms with van der Waals surface area (Å²) in [6.07, 6.45) is 2.18. The van der Waals surface area contributed by atoms with E-state index in [9.17, 15) is 0 Å². The van der Waals surface area contributed by atoms with E-state index in [1.807, 2.05) is 12.1 Å². The molecule has 2 rings (SSSR count). The predicted molar refractivity (Wildman–Crippen MR) is 65.5 cm³/mol. The fourth-order valence-electron chi connectivity index (χ4n) is 2.16. The topological polar surface area (TPSA) is 47.3 Å². The van der Waals surface area contributed by atoms with Gasteiger partial charge in [0.2, 0.25) is 0 Å². The number of nitrogens with one attached hydrogen (secondary N) is 1. The van der Waals surface area contributed by atoms with E-state index in [0.29, 0.717) is 18.1 Å². The van der Waals surface area contributed by atoms with Gasteiger partial charge in [-0.05, 0) is 37.5 Å². The number of nitrogens with two attached hydrogens (primary N) is 1. The van der Waals surface area contributed by atoms with Crippen LogP contribution in [0.2, 0.25) is 0 Å². The average Bonchev–Trinajstić information content (AvgIpc) is 2.27. The van der Waals surface area contributed by atoms with Crippen LogP contribution in [-0.4, -0.2) is 19.2 Å². The van der Waals surface area contributed by atoms with Gasteiger partial charge in [-0.2, -0.15) is 0 Å². The van der Waals surface area contributed by atoms with Gasteiger partial charge in [0.15, 0.2) is 0 Å². The summed E-state index contributed by atoms with van der Waals surface area (Å²) in [6.45, 7) is 2.18. The minimum atomic E-state index is 0.354. The quantitative estimate of drug-likeness (QED) is 0.814. The second kappa shape index (κ2) is 4.85. The molecule has 1 aliphatic carbocycles. The maximum Gasteiger partial charge on any atom is 0.119 e. The Morgan fingerprint density at radius 2 is 2.19 bits per heavy atom. The van der Waals surface area contributed by atoms with E-state index in [2.05, 4.69) is 24.4 Å². The smallest absolute Gasteiger partial charge is 0.119 e. The molecule has 0 spiro atoms. The SMILES string of the molecule is COc1cccc([C@@H](C)NC2CC(N)C2)c1. The molecular weight excluding hydrogens is 200 g/mol. The number of rotatable bonds is 4.